The Balaban J connectivity index is 2.16. The summed E-state index contributed by atoms with van der Waals surface area (Å²) < 4.78 is 5.40. The van der Waals surface area contributed by atoms with Gasteiger partial charge < -0.3 is 14.8 Å². The zero-order valence-corrected chi connectivity index (χ0v) is 10.1. The Hall–Kier alpha value is -1.90. The van der Waals surface area contributed by atoms with Gasteiger partial charge >= 0.3 is 0 Å². The van der Waals surface area contributed by atoms with E-state index in [1.54, 1.807) is 12.3 Å². The number of furan rings is 1. The molecule has 1 heterocycles. The highest BCUT2D eigenvalue weighted by Crippen LogP contribution is 2.26. The van der Waals surface area contributed by atoms with Crippen molar-refractivity contribution < 1.29 is 9.52 Å². The molecule has 0 aliphatic rings. The summed E-state index contributed by atoms with van der Waals surface area (Å²) in [7, 11) is 0. The van der Waals surface area contributed by atoms with Gasteiger partial charge in [-0.15, -0.1) is 0 Å². The van der Waals surface area contributed by atoms with Crippen molar-refractivity contribution >= 4 is 5.69 Å². The first-order chi connectivity index (χ1) is 8.20. The number of anilines is 1. The van der Waals surface area contributed by atoms with Gasteiger partial charge in [0.1, 0.15) is 11.5 Å². The molecule has 3 nitrogen and oxygen atoms in total. The Kier molecular flexibility index (Phi) is 3.38. The molecule has 2 aromatic rings. The van der Waals surface area contributed by atoms with Crippen LogP contribution in [0.25, 0.3) is 0 Å². The quantitative estimate of drug-likeness (QED) is 0.785. The summed E-state index contributed by atoms with van der Waals surface area (Å²) in [5.74, 6) is 1.25. The van der Waals surface area contributed by atoms with Gasteiger partial charge in [0.05, 0.1) is 12.3 Å². The monoisotopic (exact) mass is 231 g/mol. The van der Waals surface area contributed by atoms with E-state index in [-0.39, 0.29) is 6.04 Å². The lowest BCUT2D eigenvalue weighted by Gasteiger charge is -2.16. The molecule has 0 saturated heterocycles. The van der Waals surface area contributed by atoms with E-state index in [0.29, 0.717) is 5.75 Å². The van der Waals surface area contributed by atoms with Gasteiger partial charge in [0.25, 0.3) is 0 Å². The van der Waals surface area contributed by atoms with Crippen molar-refractivity contribution in [1.29, 1.82) is 0 Å². The van der Waals surface area contributed by atoms with Gasteiger partial charge in [0.15, 0.2) is 0 Å². The van der Waals surface area contributed by atoms with Crippen LogP contribution in [0, 0.1) is 6.92 Å². The normalized spacial score (nSPS) is 12.4. The third kappa shape index (κ3) is 2.61. The second-order valence-electron chi connectivity index (χ2n) is 4.12. The molecule has 90 valence electrons. The largest absolute Gasteiger partial charge is 0.508 e. The predicted octanol–water partition coefficient (Wildman–Crippen LogP) is 3.86. The standard InChI is InChI=1S/C14H17NO2/c1-3-12(14-5-4-8-17-14)15-11-6-7-13(16)10(2)9-11/h4-9,12,15-16H,3H2,1-2H3. The van der Waals surface area contributed by atoms with Crippen LogP contribution in [0.5, 0.6) is 5.75 Å². The zero-order valence-electron chi connectivity index (χ0n) is 10.1. The van der Waals surface area contributed by atoms with Crippen molar-refractivity contribution in [3.8, 4) is 5.75 Å². The van der Waals surface area contributed by atoms with Crippen molar-refractivity contribution in [2.75, 3.05) is 5.32 Å². The number of nitrogens with one attached hydrogen (secondary N) is 1. The number of phenols is 1. The highest BCUT2D eigenvalue weighted by atomic mass is 16.3. The van der Waals surface area contributed by atoms with Gasteiger partial charge in [-0.25, -0.2) is 0 Å². The fourth-order valence-electron chi connectivity index (χ4n) is 1.81. The molecule has 0 bridgehead atoms. The smallest absolute Gasteiger partial charge is 0.125 e. The lowest BCUT2D eigenvalue weighted by molar-refractivity contribution is 0.470. The Morgan fingerprint density at radius 3 is 2.76 bits per heavy atom. The van der Waals surface area contributed by atoms with Crippen molar-refractivity contribution in [2.24, 2.45) is 0 Å². The average molecular weight is 231 g/mol. The van der Waals surface area contributed by atoms with E-state index in [2.05, 4.69) is 12.2 Å². The summed E-state index contributed by atoms with van der Waals surface area (Å²) in [5, 5.41) is 12.9. The highest BCUT2D eigenvalue weighted by Gasteiger charge is 2.11. The summed E-state index contributed by atoms with van der Waals surface area (Å²) >= 11 is 0. The van der Waals surface area contributed by atoms with Gasteiger partial charge in [0.2, 0.25) is 0 Å². The third-order valence-corrected chi connectivity index (χ3v) is 2.83. The summed E-state index contributed by atoms with van der Waals surface area (Å²) in [6, 6.07) is 9.52. The van der Waals surface area contributed by atoms with Crippen molar-refractivity contribution in [1.82, 2.24) is 0 Å². The molecule has 1 atom stereocenters. The third-order valence-electron chi connectivity index (χ3n) is 2.83. The van der Waals surface area contributed by atoms with Crippen LogP contribution < -0.4 is 5.32 Å². The van der Waals surface area contributed by atoms with E-state index in [9.17, 15) is 5.11 Å². The SMILES string of the molecule is CCC(Nc1ccc(O)c(C)c1)c1ccco1. The summed E-state index contributed by atoms with van der Waals surface area (Å²) in [4.78, 5) is 0. The molecule has 0 amide bonds. The van der Waals surface area contributed by atoms with Gasteiger partial charge in [-0.1, -0.05) is 6.92 Å². The maximum atomic E-state index is 9.47. The predicted molar refractivity (Wildman–Crippen MR) is 68.2 cm³/mol. The first-order valence-corrected chi connectivity index (χ1v) is 5.80. The summed E-state index contributed by atoms with van der Waals surface area (Å²) in [6.07, 6.45) is 2.62. The van der Waals surface area contributed by atoms with E-state index in [1.807, 2.05) is 31.2 Å². The first kappa shape index (κ1) is 11.6. The molecule has 2 rings (SSSR count). The minimum Gasteiger partial charge on any atom is -0.508 e. The molecule has 1 unspecified atom stereocenters. The Morgan fingerprint density at radius 2 is 2.18 bits per heavy atom. The number of hydrogen-bond donors (Lipinski definition) is 2. The molecular formula is C14H17NO2. The van der Waals surface area contributed by atoms with E-state index in [0.717, 1.165) is 23.4 Å². The van der Waals surface area contributed by atoms with Gasteiger partial charge in [-0.3, -0.25) is 0 Å². The fourth-order valence-corrected chi connectivity index (χ4v) is 1.81. The lowest BCUT2D eigenvalue weighted by atomic mass is 10.1. The van der Waals surface area contributed by atoms with Gasteiger partial charge in [-0.2, -0.15) is 0 Å². The minimum atomic E-state index is 0.161. The average Bonchev–Trinajstić information content (AvgIpc) is 2.84. The topological polar surface area (TPSA) is 45.4 Å². The molecule has 0 fully saturated rings. The maximum Gasteiger partial charge on any atom is 0.125 e. The molecule has 0 saturated carbocycles. The van der Waals surface area contributed by atoms with Crippen LogP contribution in [0.2, 0.25) is 0 Å². The number of benzene rings is 1. The summed E-state index contributed by atoms with van der Waals surface area (Å²) in [5.41, 5.74) is 1.85. The molecule has 0 spiro atoms. The molecular weight excluding hydrogens is 214 g/mol. The lowest BCUT2D eigenvalue weighted by Crippen LogP contribution is -2.08. The van der Waals surface area contributed by atoms with Crippen LogP contribution in [-0.2, 0) is 0 Å². The number of hydrogen-bond acceptors (Lipinski definition) is 3. The molecule has 0 aliphatic carbocycles. The second kappa shape index (κ2) is 4.95. The number of aromatic hydroxyl groups is 1. The maximum absolute atomic E-state index is 9.47. The van der Waals surface area contributed by atoms with E-state index < -0.39 is 0 Å². The van der Waals surface area contributed by atoms with Gasteiger partial charge in [-0.05, 0) is 49.2 Å². The van der Waals surface area contributed by atoms with Crippen molar-refractivity contribution in [3.05, 3.63) is 47.9 Å². The molecule has 2 N–H and O–H groups in total. The van der Waals surface area contributed by atoms with E-state index >= 15 is 0 Å². The molecule has 17 heavy (non-hydrogen) atoms. The van der Waals surface area contributed by atoms with E-state index in [4.69, 9.17) is 4.42 Å². The Morgan fingerprint density at radius 1 is 1.35 bits per heavy atom. The van der Waals surface area contributed by atoms with E-state index in [1.165, 1.54) is 0 Å². The molecule has 0 aliphatic heterocycles. The Labute approximate surface area is 101 Å². The molecule has 3 heteroatoms. The van der Waals surface area contributed by atoms with Crippen LogP contribution in [-0.4, -0.2) is 5.11 Å². The van der Waals surface area contributed by atoms with Gasteiger partial charge in [0, 0.05) is 5.69 Å². The van der Waals surface area contributed by atoms with Crippen molar-refractivity contribution in [3.63, 3.8) is 0 Å². The van der Waals surface area contributed by atoms with Crippen LogP contribution in [0.4, 0.5) is 5.69 Å². The zero-order chi connectivity index (χ0) is 12.3. The number of aryl methyl sites for hydroxylation is 1. The van der Waals surface area contributed by atoms with Crippen LogP contribution in [0.15, 0.2) is 41.0 Å². The number of phenolic OH excluding ortho intramolecular Hbond substituents is 1. The second-order valence-corrected chi connectivity index (χ2v) is 4.12. The molecule has 1 aromatic heterocycles. The first-order valence-electron chi connectivity index (χ1n) is 5.80. The van der Waals surface area contributed by atoms with Crippen LogP contribution in [0.1, 0.15) is 30.7 Å². The Bertz CT molecular complexity index is 477. The molecule has 0 radical (unpaired) electrons. The minimum absolute atomic E-state index is 0.161. The van der Waals surface area contributed by atoms with Crippen LogP contribution in [0.3, 0.4) is 0 Å². The summed E-state index contributed by atoms with van der Waals surface area (Å²) in [6.45, 7) is 3.99. The highest BCUT2D eigenvalue weighted by molar-refractivity contribution is 5.51. The van der Waals surface area contributed by atoms with Crippen LogP contribution >= 0.6 is 0 Å². The number of rotatable bonds is 4. The fraction of sp³-hybridized carbons (Fsp3) is 0.286. The molecule has 1 aromatic carbocycles. The van der Waals surface area contributed by atoms with Crippen molar-refractivity contribution in [2.45, 2.75) is 26.3 Å².